The molecule has 1 amide bonds. The van der Waals surface area contributed by atoms with E-state index in [1.807, 2.05) is 24.4 Å². The summed E-state index contributed by atoms with van der Waals surface area (Å²) in [6, 6.07) is 5.73. The minimum atomic E-state index is -0.0958. The summed E-state index contributed by atoms with van der Waals surface area (Å²) < 4.78 is 0. The van der Waals surface area contributed by atoms with Crippen molar-refractivity contribution in [2.75, 3.05) is 24.5 Å². The predicted molar refractivity (Wildman–Crippen MR) is 106 cm³/mol. The van der Waals surface area contributed by atoms with Gasteiger partial charge in [0.25, 0.3) is 5.91 Å². The van der Waals surface area contributed by atoms with E-state index in [2.05, 4.69) is 30.7 Å². The number of nitrogens with one attached hydrogen (secondary N) is 1. The smallest absolute Gasteiger partial charge is 0.264 e. The van der Waals surface area contributed by atoms with Crippen LogP contribution < -0.4 is 4.90 Å². The second kappa shape index (κ2) is 6.10. The van der Waals surface area contributed by atoms with Gasteiger partial charge in [0, 0.05) is 25.8 Å². The molecule has 3 aromatic heterocycles. The molecule has 4 heterocycles. The molecule has 7 heteroatoms. The second-order valence-electron chi connectivity index (χ2n) is 7.20. The Morgan fingerprint density at radius 3 is 2.93 bits per heavy atom. The number of H-pyrrole nitrogens is 1. The number of rotatable bonds is 2. The molecule has 1 saturated carbocycles. The summed E-state index contributed by atoms with van der Waals surface area (Å²) in [7, 11) is 0. The first-order valence-electron chi connectivity index (χ1n) is 9.12. The van der Waals surface area contributed by atoms with Crippen LogP contribution in [-0.4, -0.2) is 50.9 Å². The first kappa shape index (κ1) is 16.3. The third-order valence-corrected chi connectivity index (χ3v) is 6.54. The number of hydrogen-bond acceptors (Lipinski definition) is 5. The fraction of sp³-hybridized carbons (Fsp3) is 0.350. The fourth-order valence-electron chi connectivity index (χ4n) is 4.02. The van der Waals surface area contributed by atoms with Crippen LogP contribution in [0.3, 0.4) is 0 Å². The maximum atomic E-state index is 13.2. The number of aromatic amines is 1. The van der Waals surface area contributed by atoms with E-state index in [-0.39, 0.29) is 11.4 Å². The number of thiophene rings is 1. The van der Waals surface area contributed by atoms with Crippen LogP contribution in [0.15, 0.2) is 30.7 Å². The van der Waals surface area contributed by atoms with Crippen molar-refractivity contribution in [3.8, 4) is 12.3 Å². The van der Waals surface area contributed by atoms with Gasteiger partial charge in [0.2, 0.25) is 0 Å². The SMILES string of the molecule is C#Cc1ccc(C(=O)N2CCCN(c3ncnc4[nH]ccc34)CC23CC3)s1. The zero-order valence-electron chi connectivity index (χ0n) is 14.8. The summed E-state index contributed by atoms with van der Waals surface area (Å²) in [5, 5.41) is 1.03. The van der Waals surface area contributed by atoms with Crippen molar-refractivity contribution in [2.45, 2.75) is 24.8 Å². The van der Waals surface area contributed by atoms with E-state index >= 15 is 0 Å². The lowest BCUT2D eigenvalue weighted by atomic mass is 10.2. The van der Waals surface area contributed by atoms with E-state index in [1.54, 1.807) is 6.33 Å². The number of hydrogen-bond donors (Lipinski definition) is 1. The van der Waals surface area contributed by atoms with Gasteiger partial charge in [-0.1, -0.05) is 5.92 Å². The number of aromatic nitrogens is 3. The highest BCUT2D eigenvalue weighted by Gasteiger charge is 2.52. The second-order valence-corrected chi connectivity index (χ2v) is 8.29. The lowest BCUT2D eigenvalue weighted by molar-refractivity contribution is 0.0675. The van der Waals surface area contributed by atoms with E-state index in [0.29, 0.717) is 0 Å². The van der Waals surface area contributed by atoms with Crippen LogP contribution in [0.1, 0.15) is 33.8 Å². The molecular formula is C20H19N5OS. The maximum Gasteiger partial charge on any atom is 0.264 e. The van der Waals surface area contributed by atoms with Crippen LogP contribution in [0.5, 0.6) is 0 Å². The molecule has 6 nitrogen and oxygen atoms in total. The van der Waals surface area contributed by atoms with Crippen molar-refractivity contribution in [2.24, 2.45) is 0 Å². The molecule has 1 aliphatic carbocycles. The number of anilines is 1. The fourth-order valence-corrected chi connectivity index (χ4v) is 4.79. The van der Waals surface area contributed by atoms with E-state index < -0.39 is 0 Å². The molecule has 1 N–H and O–H groups in total. The standard InChI is InChI=1S/C20H19N5OS/c1-2-14-4-5-16(27-14)19(26)25-11-3-10-24(12-20(25)7-8-20)18-15-6-9-21-17(15)22-13-23-18/h1,4-6,9,13H,3,7-8,10-12H2,(H,21,22,23). The number of fused-ring (bicyclic) bond motifs is 1. The highest BCUT2D eigenvalue weighted by atomic mass is 32.1. The van der Waals surface area contributed by atoms with Gasteiger partial charge in [-0.25, -0.2) is 9.97 Å². The van der Waals surface area contributed by atoms with E-state index in [1.165, 1.54) is 11.3 Å². The van der Waals surface area contributed by atoms with Gasteiger partial charge in [-0.3, -0.25) is 4.79 Å². The number of terminal acetylenes is 1. The molecule has 1 spiro atoms. The quantitative estimate of drug-likeness (QED) is 0.698. The lowest BCUT2D eigenvalue weighted by Gasteiger charge is -2.32. The number of carbonyl (C=O) groups excluding carboxylic acids is 1. The van der Waals surface area contributed by atoms with E-state index in [4.69, 9.17) is 6.42 Å². The summed E-state index contributed by atoms with van der Waals surface area (Å²) >= 11 is 1.40. The molecule has 0 bridgehead atoms. The van der Waals surface area contributed by atoms with Gasteiger partial charge in [0.15, 0.2) is 0 Å². The molecule has 27 heavy (non-hydrogen) atoms. The molecule has 0 radical (unpaired) electrons. The van der Waals surface area contributed by atoms with Crippen LogP contribution in [0.4, 0.5) is 5.82 Å². The van der Waals surface area contributed by atoms with Crippen LogP contribution in [-0.2, 0) is 0 Å². The highest BCUT2D eigenvalue weighted by molar-refractivity contribution is 7.14. The number of nitrogens with zero attached hydrogens (tertiary/aromatic N) is 4. The number of amides is 1. The Bertz CT molecular complexity index is 1060. The van der Waals surface area contributed by atoms with Crippen LogP contribution in [0, 0.1) is 12.3 Å². The Balaban J connectivity index is 1.45. The molecule has 1 saturated heterocycles. The molecule has 2 aliphatic rings. The Hall–Kier alpha value is -2.85. The molecule has 136 valence electrons. The van der Waals surface area contributed by atoms with Gasteiger partial charge in [-0.05, 0) is 37.5 Å². The van der Waals surface area contributed by atoms with E-state index in [0.717, 1.165) is 65.5 Å². The predicted octanol–water partition coefficient (Wildman–Crippen LogP) is 2.89. The molecule has 2 fully saturated rings. The van der Waals surface area contributed by atoms with Crippen molar-refractivity contribution < 1.29 is 4.79 Å². The number of carbonyl (C=O) groups is 1. The Kier molecular flexibility index (Phi) is 3.69. The molecule has 1 aliphatic heterocycles. The summed E-state index contributed by atoms with van der Waals surface area (Å²) in [5.74, 6) is 3.68. The molecule has 0 aromatic carbocycles. The monoisotopic (exact) mass is 377 g/mol. The van der Waals surface area contributed by atoms with Crippen molar-refractivity contribution in [1.29, 1.82) is 0 Å². The minimum Gasteiger partial charge on any atom is -0.354 e. The zero-order valence-corrected chi connectivity index (χ0v) is 15.6. The van der Waals surface area contributed by atoms with Crippen molar-refractivity contribution >= 4 is 34.1 Å². The Labute approximate surface area is 161 Å². The topological polar surface area (TPSA) is 65.1 Å². The maximum absolute atomic E-state index is 13.2. The summed E-state index contributed by atoms with van der Waals surface area (Å²) in [5.41, 5.74) is 0.754. The average molecular weight is 377 g/mol. The van der Waals surface area contributed by atoms with Crippen molar-refractivity contribution in [1.82, 2.24) is 19.9 Å². The third-order valence-electron chi connectivity index (χ3n) is 5.53. The van der Waals surface area contributed by atoms with Crippen LogP contribution >= 0.6 is 11.3 Å². The molecule has 0 atom stereocenters. The van der Waals surface area contributed by atoms with Gasteiger partial charge >= 0.3 is 0 Å². The molecule has 0 unspecified atom stereocenters. The Morgan fingerprint density at radius 1 is 1.26 bits per heavy atom. The van der Waals surface area contributed by atoms with E-state index in [9.17, 15) is 4.79 Å². The van der Waals surface area contributed by atoms with Crippen LogP contribution in [0.25, 0.3) is 11.0 Å². The van der Waals surface area contributed by atoms with Gasteiger partial charge in [-0.2, -0.15) is 0 Å². The average Bonchev–Trinajstić information content (AvgIpc) is 3.13. The summed E-state index contributed by atoms with van der Waals surface area (Å²) in [6.45, 7) is 2.45. The van der Waals surface area contributed by atoms with Crippen LogP contribution in [0.2, 0.25) is 0 Å². The van der Waals surface area contributed by atoms with Gasteiger partial charge < -0.3 is 14.8 Å². The van der Waals surface area contributed by atoms with Crippen molar-refractivity contribution in [3.63, 3.8) is 0 Å². The normalized spacial score (nSPS) is 18.5. The van der Waals surface area contributed by atoms with Gasteiger partial charge in [-0.15, -0.1) is 17.8 Å². The first-order valence-corrected chi connectivity index (χ1v) is 9.93. The lowest BCUT2D eigenvalue weighted by Crippen LogP contribution is -2.46. The Morgan fingerprint density at radius 2 is 2.15 bits per heavy atom. The van der Waals surface area contributed by atoms with Gasteiger partial charge in [0.1, 0.15) is 17.8 Å². The highest BCUT2D eigenvalue weighted by Crippen LogP contribution is 2.45. The summed E-state index contributed by atoms with van der Waals surface area (Å²) in [6.07, 6.45) is 11.9. The first-order chi connectivity index (χ1) is 13.2. The zero-order chi connectivity index (χ0) is 18.4. The third kappa shape index (κ3) is 2.68. The summed E-state index contributed by atoms with van der Waals surface area (Å²) in [4.78, 5) is 31.1. The largest absolute Gasteiger partial charge is 0.354 e. The molecular weight excluding hydrogens is 358 g/mol. The van der Waals surface area contributed by atoms with Gasteiger partial charge in [0.05, 0.1) is 20.7 Å². The molecule has 5 rings (SSSR count). The van der Waals surface area contributed by atoms with Crippen molar-refractivity contribution in [3.05, 3.63) is 40.5 Å². The minimum absolute atomic E-state index is 0.0958. The molecule has 3 aromatic rings.